The van der Waals surface area contributed by atoms with E-state index in [0.717, 1.165) is 11.1 Å². The minimum absolute atomic E-state index is 0.168. The highest BCUT2D eigenvalue weighted by atomic mass is 35.5. The number of hydrogen-bond donors (Lipinski definition) is 2. The zero-order valence-corrected chi connectivity index (χ0v) is 16.3. The summed E-state index contributed by atoms with van der Waals surface area (Å²) >= 11 is 5.91. The van der Waals surface area contributed by atoms with Crippen molar-refractivity contribution in [2.45, 2.75) is 26.0 Å². The van der Waals surface area contributed by atoms with Crippen LogP contribution in [0.4, 0.5) is 0 Å². The van der Waals surface area contributed by atoms with Gasteiger partial charge in [0.05, 0.1) is 16.8 Å². The summed E-state index contributed by atoms with van der Waals surface area (Å²) in [7, 11) is 0. The number of benzene rings is 1. The van der Waals surface area contributed by atoms with E-state index >= 15 is 0 Å². The molecule has 2 N–H and O–H groups in total. The average molecular weight is 398 g/mol. The molecule has 0 fully saturated rings. The van der Waals surface area contributed by atoms with Gasteiger partial charge in [-0.05, 0) is 37.1 Å². The molecular formula is C21H20ClN3O3. The molecule has 1 aromatic carbocycles. The van der Waals surface area contributed by atoms with Gasteiger partial charge in [0.25, 0.3) is 5.91 Å². The number of halogens is 1. The lowest BCUT2D eigenvalue weighted by atomic mass is 9.97. The average Bonchev–Trinajstić information content (AvgIpc) is 2.66. The maximum atomic E-state index is 12.6. The molecular weight excluding hydrogens is 378 g/mol. The lowest BCUT2D eigenvalue weighted by molar-refractivity contribution is 0.0785. The van der Waals surface area contributed by atoms with Crippen LogP contribution in [0.2, 0.25) is 5.02 Å². The molecule has 0 saturated carbocycles. The fraction of sp³-hybridized carbons (Fsp3) is 0.190. The van der Waals surface area contributed by atoms with Gasteiger partial charge in [-0.3, -0.25) is 9.78 Å². The van der Waals surface area contributed by atoms with Crippen molar-refractivity contribution in [1.82, 2.24) is 15.3 Å². The predicted molar refractivity (Wildman–Crippen MR) is 106 cm³/mol. The van der Waals surface area contributed by atoms with Crippen LogP contribution in [0.5, 0.6) is 11.6 Å². The highest BCUT2D eigenvalue weighted by molar-refractivity contribution is 6.30. The molecule has 1 amide bonds. The maximum absolute atomic E-state index is 12.6. The van der Waals surface area contributed by atoms with Crippen LogP contribution in [0.1, 0.15) is 35.3 Å². The SMILES string of the molecule is CC(C)(O)c1ccc(CNC(=O)c2cccnc2Oc2cncc(Cl)c2)cc1. The standard InChI is InChI=1S/C21H20ClN3O3/c1-21(2,27)15-7-5-14(6-8-15)11-25-19(26)18-4-3-9-24-20(18)28-17-10-16(22)12-23-13-17/h3-10,12-13,27H,11H2,1-2H3,(H,25,26). The van der Waals surface area contributed by atoms with Gasteiger partial charge in [-0.2, -0.15) is 0 Å². The third-order valence-corrected chi connectivity index (χ3v) is 4.23. The molecule has 7 heteroatoms. The number of aliphatic hydroxyl groups is 1. The highest BCUT2D eigenvalue weighted by Gasteiger charge is 2.16. The van der Waals surface area contributed by atoms with Crippen molar-refractivity contribution in [3.8, 4) is 11.6 Å². The Morgan fingerprint density at radius 3 is 2.64 bits per heavy atom. The van der Waals surface area contributed by atoms with E-state index in [0.29, 0.717) is 22.9 Å². The summed E-state index contributed by atoms with van der Waals surface area (Å²) in [4.78, 5) is 20.7. The number of amides is 1. The zero-order valence-electron chi connectivity index (χ0n) is 15.5. The minimum atomic E-state index is -0.904. The summed E-state index contributed by atoms with van der Waals surface area (Å²) < 4.78 is 5.67. The lowest BCUT2D eigenvalue weighted by Gasteiger charge is -2.18. The second-order valence-electron chi connectivity index (χ2n) is 6.74. The molecule has 3 rings (SSSR count). The van der Waals surface area contributed by atoms with Crippen LogP contribution in [-0.2, 0) is 12.1 Å². The minimum Gasteiger partial charge on any atom is -0.436 e. The number of ether oxygens (including phenoxy) is 1. The van der Waals surface area contributed by atoms with Crippen molar-refractivity contribution >= 4 is 17.5 Å². The normalized spacial score (nSPS) is 11.1. The molecule has 2 heterocycles. The Bertz CT molecular complexity index is 969. The van der Waals surface area contributed by atoms with Gasteiger partial charge >= 0.3 is 0 Å². The first kappa shape index (κ1) is 19.8. The van der Waals surface area contributed by atoms with E-state index < -0.39 is 5.60 Å². The largest absolute Gasteiger partial charge is 0.436 e. The van der Waals surface area contributed by atoms with Crippen molar-refractivity contribution in [2.75, 3.05) is 0 Å². The summed E-state index contributed by atoms with van der Waals surface area (Å²) in [5.41, 5.74) is 1.11. The van der Waals surface area contributed by atoms with Gasteiger partial charge < -0.3 is 15.2 Å². The molecule has 3 aromatic rings. The number of nitrogens with zero attached hydrogens (tertiary/aromatic N) is 2. The third kappa shape index (κ3) is 5.06. The van der Waals surface area contributed by atoms with Crippen molar-refractivity contribution in [3.05, 3.63) is 82.8 Å². The predicted octanol–water partition coefficient (Wildman–Crippen LogP) is 4.08. The number of carbonyl (C=O) groups excluding carboxylic acids is 1. The van der Waals surface area contributed by atoms with E-state index in [1.54, 1.807) is 38.2 Å². The van der Waals surface area contributed by atoms with Crippen molar-refractivity contribution in [3.63, 3.8) is 0 Å². The molecule has 0 radical (unpaired) electrons. The summed E-state index contributed by atoms with van der Waals surface area (Å²) in [6, 6.07) is 12.3. The smallest absolute Gasteiger partial charge is 0.257 e. The van der Waals surface area contributed by atoms with Crippen LogP contribution in [0.15, 0.2) is 61.1 Å². The monoisotopic (exact) mass is 397 g/mol. The van der Waals surface area contributed by atoms with Gasteiger partial charge in [0.1, 0.15) is 11.3 Å². The van der Waals surface area contributed by atoms with E-state index in [1.165, 1.54) is 12.4 Å². The van der Waals surface area contributed by atoms with E-state index in [-0.39, 0.29) is 11.8 Å². The third-order valence-electron chi connectivity index (χ3n) is 4.02. The highest BCUT2D eigenvalue weighted by Crippen LogP contribution is 2.24. The van der Waals surface area contributed by atoms with Gasteiger partial charge in [-0.15, -0.1) is 0 Å². The Morgan fingerprint density at radius 2 is 1.96 bits per heavy atom. The van der Waals surface area contributed by atoms with Crippen molar-refractivity contribution in [1.29, 1.82) is 0 Å². The fourth-order valence-corrected chi connectivity index (χ4v) is 2.68. The number of nitrogens with one attached hydrogen (secondary N) is 1. The first-order valence-electron chi connectivity index (χ1n) is 8.66. The Hall–Kier alpha value is -2.96. The lowest BCUT2D eigenvalue weighted by Crippen LogP contribution is -2.23. The number of hydrogen-bond acceptors (Lipinski definition) is 5. The number of carbonyl (C=O) groups is 1. The van der Waals surface area contributed by atoms with E-state index in [4.69, 9.17) is 16.3 Å². The second kappa shape index (κ2) is 8.37. The summed E-state index contributed by atoms with van der Waals surface area (Å²) in [5, 5.41) is 13.3. The van der Waals surface area contributed by atoms with E-state index in [9.17, 15) is 9.90 Å². The molecule has 0 spiro atoms. The molecule has 0 aliphatic heterocycles. The van der Waals surface area contributed by atoms with E-state index in [2.05, 4.69) is 15.3 Å². The molecule has 0 atom stereocenters. The Labute approximate surface area is 168 Å². The van der Waals surface area contributed by atoms with Crippen LogP contribution in [0, 0.1) is 0 Å². The Morgan fingerprint density at radius 1 is 1.21 bits per heavy atom. The van der Waals surface area contributed by atoms with E-state index in [1.807, 2.05) is 24.3 Å². The van der Waals surface area contributed by atoms with Crippen LogP contribution in [-0.4, -0.2) is 21.0 Å². The second-order valence-corrected chi connectivity index (χ2v) is 7.17. The summed E-state index contributed by atoms with van der Waals surface area (Å²) in [6.45, 7) is 3.78. The first-order valence-corrected chi connectivity index (χ1v) is 9.04. The number of rotatable bonds is 6. The molecule has 28 heavy (non-hydrogen) atoms. The molecule has 0 aliphatic carbocycles. The van der Waals surface area contributed by atoms with Gasteiger partial charge in [-0.25, -0.2) is 4.98 Å². The van der Waals surface area contributed by atoms with Gasteiger partial charge in [0.15, 0.2) is 0 Å². The van der Waals surface area contributed by atoms with Crippen LogP contribution < -0.4 is 10.1 Å². The molecule has 0 aliphatic rings. The van der Waals surface area contributed by atoms with Crippen LogP contribution in [0.25, 0.3) is 0 Å². The van der Waals surface area contributed by atoms with Gasteiger partial charge in [-0.1, -0.05) is 35.9 Å². The quantitative estimate of drug-likeness (QED) is 0.654. The van der Waals surface area contributed by atoms with Crippen molar-refractivity contribution < 1.29 is 14.6 Å². The molecule has 0 unspecified atom stereocenters. The number of aromatic nitrogens is 2. The molecule has 6 nitrogen and oxygen atoms in total. The van der Waals surface area contributed by atoms with Gasteiger partial charge in [0.2, 0.25) is 5.88 Å². The number of pyridine rings is 2. The molecule has 0 bridgehead atoms. The molecule has 144 valence electrons. The maximum Gasteiger partial charge on any atom is 0.257 e. The fourth-order valence-electron chi connectivity index (χ4n) is 2.51. The first-order chi connectivity index (χ1) is 13.3. The molecule has 0 saturated heterocycles. The molecule has 2 aromatic heterocycles. The Balaban J connectivity index is 1.69. The van der Waals surface area contributed by atoms with Crippen LogP contribution in [0.3, 0.4) is 0 Å². The zero-order chi connectivity index (χ0) is 20.1. The summed E-state index contributed by atoms with van der Waals surface area (Å²) in [6.07, 6.45) is 4.52. The Kier molecular flexibility index (Phi) is 5.92. The topological polar surface area (TPSA) is 84.3 Å². The van der Waals surface area contributed by atoms with Crippen molar-refractivity contribution in [2.24, 2.45) is 0 Å². The van der Waals surface area contributed by atoms with Gasteiger partial charge in [0, 0.05) is 25.0 Å². The van der Waals surface area contributed by atoms with Crippen LogP contribution >= 0.6 is 11.6 Å². The summed E-state index contributed by atoms with van der Waals surface area (Å²) in [5.74, 6) is 0.244.